The summed E-state index contributed by atoms with van der Waals surface area (Å²) in [4.78, 5) is 49.9. The molecule has 1 fully saturated rings. The standard InChI is InChI=1S/C14H13N3O4/c1-7-12(19)15-6-11(18)17(7)8-3-4-9-10(5-8)14(21)16(2)13(9)20/h3-5,7H,6H2,1-2H3,(H,15,19). The first-order valence-electron chi connectivity index (χ1n) is 6.48. The molecule has 0 bridgehead atoms. The summed E-state index contributed by atoms with van der Waals surface area (Å²) in [6.07, 6.45) is 0. The van der Waals surface area contributed by atoms with Gasteiger partial charge in [0.15, 0.2) is 0 Å². The zero-order chi connectivity index (χ0) is 15.3. The zero-order valence-corrected chi connectivity index (χ0v) is 11.5. The fourth-order valence-electron chi connectivity index (χ4n) is 2.60. The molecule has 1 aromatic carbocycles. The highest BCUT2D eigenvalue weighted by molar-refractivity contribution is 6.21. The molecule has 2 heterocycles. The van der Waals surface area contributed by atoms with Crippen molar-refractivity contribution in [3.05, 3.63) is 29.3 Å². The number of carbonyl (C=O) groups is 4. The molecule has 2 aliphatic heterocycles. The second kappa shape index (κ2) is 4.41. The molecule has 0 spiro atoms. The van der Waals surface area contributed by atoms with Crippen LogP contribution in [0, 0.1) is 0 Å². The first kappa shape index (κ1) is 13.3. The van der Waals surface area contributed by atoms with Gasteiger partial charge in [-0.2, -0.15) is 0 Å². The number of imide groups is 1. The molecule has 7 heteroatoms. The minimum atomic E-state index is -0.658. The molecule has 4 amide bonds. The van der Waals surface area contributed by atoms with Gasteiger partial charge >= 0.3 is 0 Å². The molecular formula is C14H13N3O4. The van der Waals surface area contributed by atoms with Crippen LogP contribution in [0.1, 0.15) is 27.6 Å². The number of benzene rings is 1. The third-order valence-electron chi connectivity index (χ3n) is 3.80. The Labute approximate surface area is 120 Å². The smallest absolute Gasteiger partial charge is 0.261 e. The molecule has 108 valence electrons. The van der Waals surface area contributed by atoms with Gasteiger partial charge in [0.1, 0.15) is 6.04 Å². The van der Waals surface area contributed by atoms with Crippen molar-refractivity contribution >= 4 is 29.3 Å². The summed E-state index contributed by atoms with van der Waals surface area (Å²) in [5.74, 6) is -1.28. The number of carbonyl (C=O) groups excluding carboxylic acids is 4. The van der Waals surface area contributed by atoms with Gasteiger partial charge in [-0.05, 0) is 25.1 Å². The van der Waals surface area contributed by atoms with Gasteiger partial charge in [0, 0.05) is 12.7 Å². The van der Waals surface area contributed by atoms with E-state index in [1.54, 1.807) is 13.0 Å². The van der Waals surface area contributed by atoms with Gasteiger partial charge in [0.25, 0.3) is 11.8 Å². The topological polar surface area (TPSA) is 86.8 Å². The third-order valence-corrected chi connectivity index (χ3v) is 3.80. The summed E-state index contributed by atoms with van der Waals surface area (Å²) in [6, 6.07) is 3.93. The maximum Gasteiger partial charge on any atom is 0.261 e. The Kier molecular flexibility index (Phi) is 2.79. The number of hydrogen-bond acceptors (Lipinski definition) is 4. The normalized spacial score (nSPS) is 21.7. The molecule has 0 aromatic heterocycles. The summed E-state index contributed by atoms with van der Waals surface area (Å²) in [5, 5.41) is 2.50. The maximum absolute atomic E-state index is 12.0. The molecule has 7 nitrogen and oxygen atoms in total. The van der Waals surface area contributed by atoms with Crippen LogP contribution in [-0.2, 0) is 9.59 Å². The highest BCUT2D eigenvalue weighted by atomic mass is 16.2. The van der Waals surface area contributed by atoms with Crippen LogP contribution in [0.5, 0.6) is 0 Å². The Morgan fingerprint density at radius 2 is 1.76 bits per heavy atom. The summed E-state index contributed by atoms with van der Waals surface area (Å²) in [6.45, 7) is 1.53. The van der Waals surface area contributed by atoms with E-state index in [9.17, 15) is 19.2 Å². The summed E-state index contributed by atoms with van der Waals surface area (Å²) < 4.78 is 0. The van der Waals surface area contributed by atoms with Gasteiger partial charge in [0.05, 0.1) is 17.7 Å². The molecule has 2 aliphatic rings. The van der Waals surface area contributed by atoms with Crippen molar-refractivity contribution in [2.75, 3.05) is 18.5 Å². The van der Waals surface area contributed by atoms with Crippen LogP contribution in [0.15, 0.2) is 18.2 Å². The van der Waals surface area contributed by atoms with Crippen LogP contribution in [0.4, 0.5) is 5.69 Å². The highest BCUT2D eigenvalue weighted by Gasteiger charge is 2.36. The molecule has 1 N–H and O–H groups in total. The molecule has 1 unspecified atom stereocenters. The lowest BCUT2D eigenvalue weighted by Gasteiger charge is -2.32. The fourth-order valence-corrected chi connectivity index (χ4v) is 2.60. The molecule has 0 aliphatic carbocycles. The van der Waals surface area contributed by atoms with Crippen molar-refractivity contribution in [2.45, 2.75) is 13.0 Å². The third kappa shape index (κ3) is 1.81. The van der Waals surface area contributed by atoms with Crippen molar-refractivity contribution in [3.63, 3.8) is 0 Å². The number of fused-ring (bicyclic) bond motifs is 1. The largest absolute Gasteiger partial charge is 0.345 e. The quantitative estimate of drug-likeness (QED) is 0.722. The van der Waals surface area contributed by atoms with Gasteiger partial charge in [-0.25, -0.2) is 0 Å². The van der Waals surface area contributed by atoms with E-state index >= 15 is 0 Å². The van der Waals surface area contributed by atoms with E-state index in [0.717, 1.165) is 4.90 Å². The number of nitrogens with zero attached hydrogens (tertiary/aromatic N) is 2. The molecule has 0 radical (unpaired) electrons. The van der Waals surface area contributed by atoms with Crippen molar-refractivity contribution in [3.8, 4) is 0 Å². The van der Waals surface area contributed by atoms with Gasteiger partial charge in [0.2, 0.25) is 11.8 Å². The van der Waals surface area contributed by atoms with Crippen LogP contribution in [-0.4, -0.2) is 48.2 Å². The van der Waals surface area contributed by atoms with Gasteiger partial charge < -0.3 is 5.32 Å². The van der Waals surface area contributed by atoms with E-state index in [-0.39, 0.29) is 29.8 Å². The van der Waals surface area contributed by atoms with Crippen molar-refractivity contribution < 1.29 is 19.2 Å². The van der Waals surface area contributed by atoms with Crippen LogP contribution in [0.25, 0.3) is 0 Å². The lowest BCUT2D eigenvalue weighted by atomic mass is 10.1. The van der Waals surface area contributed by atoms with Gasteiger partial charge in [-0.1, -0.05) is 0 Å². The Morgan fingerprint density at radius 3 is 2.48 bits per heavy atom. The van der Waals surface area contributed by atoms with Crippen molar-refractivity contribution in [1.82, 2.24) is 10.2 Å². The van der Waals surface area contributed by atoms with Crippen LogP contribution in [0.2, 0.25) is 0 Å². The predicted octanol–water partition coefficient (Wildman–Crippen LogP) is -0.236. The summed E-state index contributed by atoms with van der Waals surface area (Å²) in [5.41, 5.74) is 1.01. The van der Waals surface area contributed by atoms with Crippen molar-refractivity contribution in [1.29, 1.82) is 0 Å². The van der Waals surface area contributed by atoms with Crippen LogP contribution >= 0.6 is 0 Å². The first-order valence-corrected chi connectivity index (χ1v) is 6.48. The molecule has 1 saturated heterocycles. The second-order valence-electron chi connectivity index (χ2n) is 5.06. The Hall–Kier alpha value is -2.70. The molecule has 21 heavy (non-hydrogen) atoms. The SMILES string of the molecule is CC1C(=O)NCC(=O)N1c1ccc2c(c1)C(=O)N(C)C2=O. The summed E-state index contributed by atoms with van der Waals surface area (Å²) in [7, 11) is 1.41. The number of hydrogen-bond donors (Lipinski definition) is 1. The van der Waals surface area contributed by atoms with E-state index in [2.05, 4.69) is 5.32 Å². The van der Waals surface area contributed by atoms with E-state index in [1.807, 2.05) is 0 Å². The maximum atomic E-state index is 12.0. The number of piperazine rings is 1. The molecule has 0 saturated carbocycles. The van der Waals surface area contributed by atoms with E-state index < -0.39 is 11.9 Å². The predicted molar refractivity (Wildman–Crippen MR) is 72.8 cm³/mol. The Balaban J connectivity index is 2.06. The summed E-state index contributed by atoms with van der Waals surface area (Å²) >= 11 is 0. The van der Waals surface area contributed by atoms with E-state index in [1.165, 1.54) is 24.1 Å². The lowest BCUT2D eigenvalue weighted by molar-refractivity contribution is -0.130. The van der Waals surface area contributed by atoms with E-state index in [0.29, 0.717) is 11.3 Å². The minimum Gasteiger partial charge on any atom is -0.345 e. The Morgan fingerprint density at radius 1 is 1.10 bits per heavy atom. The molecule has 1 aromatic rings. The van der Waals surface area contributed by atoms with Crippen LogP contribution in [0.3, 0.4) is 0 Å². The average Bonchev–Trinajstić information content (AvgIpc) is 2.68. The lowest BCUT2D eigenvalue weighted by Crippen LogP contribution is -2.57. The number of amides is 4. The van der Waals surface area contributed by atoms with Gasteiger partial charge in [-0.15, -0.1) is 0 Å². The highest BCUT2D eigenvalue weighted by Crippen LogP contribution is 2.28. The number of nitrogens with one attached hydrogen (secondary N) is 1. The first-order chi connectivity index (χ1) is 9.91. The minimum absolute atomic E-state index is 0.0764. The van der Waals surface area contributed by atoms with E-state index in [4.69, 9.17) is 0 Å². The molecule has 1 atom stereocenters. The number of rotatable bonds is 1. The molecule has 3 rings (SSSR count). The van der Waals surface area contributed by atoms with Crippen LogP contribution < -0.4 is 10.2 Å². The zero-order valence-electron chi connectivity index (χ0n) is 11.5. The van der Waals surface area contributed by atoms with Gasteiger partial charge in [-0.3, -0.25) is 29.0 Å². The number of anilines is 1. The monoisotopic (exact) mass is 287 g/mol. The van der Waals surface area contributed by atoms with Crippen molar-refractivity contribution in [2.24, 2.45) is 0 Å². The Bertz CT molecular complexity index is 697. The average molecular weight is 287 g/mol. The second-order valence-corrected chi connectivity index (χ2v) is 5.06. The molecular weight excluding hydrogens is 274 g/mol. The fraction of sp³-hybridized carbons (Fsp3) is 0.286.